The second-order valence-corrected chi connectivity index (χ2v) is 5.03. The maximum Gasteiger partial charge on any atom is 0.164 e. The Kier molecular flexibility index (Phi) is 4.17. The maximum absolute atomic E-state index is 4.36. The molecular formula is C14H18BrN3. The number of halogens is 1. The van der Waals surface area contributed by atoms with Crippen LogP contribution in [0.15, 0.2) is 18.2 Å². The first-order valence-corrected chi connectivity index (χ1v) is 7.35. The minimum atomic E-state index is 0.741. The molecule has 1 heterocycles. The van der Waals surface area contributed by atoms with Gasteiger partial charge in [0.25, 0.3) is 0 Å². The lowest BCUT2D eigenvalue weighted by Crippen LogP contribution is -2.04. The molecule has 1 aromatic carbocycles. The van der Waals surface area contributed by atoms with Gasteiger partial charge in [-0.25, -0.2) is 0 Å². The van der Waals surface area contributed by atoms with Gasteiger partial charge in [-0.15, -0.1) is 10.2 Å². The van der Waals surface area contributed by atoms with Gasteiger partial charge in [0.1, 0.15) is 5.82 Å². The first kappa shape index (κ1) is 13.3. The standard InChI is InChI=1S/C14H18BrN3/c1-4-8-18-13(9-15)16-17-14(18)12-7-5-6-10(2)11(12)3/h5-7H,4,8-9H2,1-3H3. The molecule has 2 rings (SSSR count). The van der Waals surface area contributed by atoms with E-state index >= 15 is 0 Å². The van der Waals surface area contributed by atoms with Crippen LogP contribution in [0.1, 0.15) is 30.3 Å². The van der Waals surface area contributed by atoms with Gasteiger partial charge >= 0.3 is 0 Å². The van der Waals surface area contributed by atoms with E-state index in [1.165, 1.54) is 16.7 Å². The van der Waals surface area contributed by atoms with Crippen molar-refractivity contribution in [3.05, 3.63) is 35.2 Å². The lowest BCUT2D eigenvalue weighted by molar-refractivity contribution is 0.660. The van der Waals surface area contributed by atoms with Crippen LogP contribution in [0, 0.1) is 13.8 Å². The molecule has 1 aromatic heterocycles. The highest BCUT2D eigenvalue weighted by molar-refractivity contribution is 9.08. The molecule has 0 radical (unpaired) electrons. The molecule has 0 saturated carbocycles. The van der Waals surface area contributed by atoms with Crippen LogP contribution in [-0.2, 0) is 11.9 Å². The zero-order valence-corrected chi connectivity index (χ0v) is 12.7. The lowest BCUT2D eigenvalue weighted by Gasteiger charge is -2.11. The van der Waals surface area contributed by atoms with Crippen LogP contribution >= 0.6 is 15.9 Å². The first-order valence-electron chi connectivity index (χ1n) is 6.23. The molecule has 4 heteroatoms. The van der Waals surface area contributed by atoms with Crippen LogP contribution in [0.3, 0.4) is 0 Å². The number of aryl methyl sites for hydroxylation is 1. The van der Waals surface area contributed by atoms with Gasteiger partial charge in [-0.2, -0.15) is 0 Å². The van der Waals surface area contributed by atoms with Gasteiger partial charge in [-0.1, -0.05) is 41.1 Å². The molecule has 0 amide bonds. The number of benzene rings is 1. The summed E-state index contributed by atoms with van der Waals surface area (Å²) in [5.41, 5.74) is 3.76. The fourth-order valence-corrected chi connectivity index (χ4v) is 2.50. The fraction of sp³-hybridized carbons (Fsp3) is 0.429. The largest absolute Gasteiger partial charge is 0.310 e. The zero-order valence-electron chi connectivity index (χ0n) is 11.1. The van der Waals surface area contributed by atoms with Crippen molar-refractivity contribution in [3.63, 3.8) is 0 Å². The van der Waals surface area contributed by atoms with E-state index in [1.54, 1.807) is 0 Å². The van der Waals surface area contributed by atoms with Crippen LogP contribution in [0.5, 0.6) is 0 Å². The topological polar surface area (TPSA) is 30.7 Å². The average molecular weight is 308 g/mol. The third-order valence-electron chi connectivity index (χ3n) is 3.24. The monoisotopic (exact) mass is 307 g/mol. The third-order valence-corrected chi connectivity index (χ3v) is 3.74. The second-order valence-electron chi connectivity index (χ2n) is 4.47. The summed E-state index contributed by atoms with van der Waals surface area (Å²) in [6.07, 6.45) is 1.08. The SMILES string of the molecule is CCCn1c(CBr)nnc1-c1cccc(C)c1C. The summed E-state index contributed by atoms with van der Waals surface area (Å²) in [4.78, 5) is 0. The van der Waals surface area contributed by atoms with Crippen LogP contribution in [-0.4, -0.2) is 14.8 Å². The maximum atomic E-state index is 4.36. The van der Waals surface area contributed by atoms with Crippen molar-refractivity contribution in [2.75, 3.05) is 0 Å². The third kappa shape index (κ3) is 2.34. The number of hydrogen-bond donors (Lipinski definition) is 0. The van der Waals surface area contributed by atoms with Crippen molar-refractivity contribution in [2.24, 2.45) is 0 Å². The Hall–Kier alpha value is -1.16. The summed E-state index contributed by atoms with van der Waals surface area (Å²) < 4.78 is 2.20. The van der Waals surface area contributed by atoms with Gasteiger partial charge in [-0.05, 0) is 31.4 Å². The van der Waals surface area contributed by atoms with Gasteiger partial charge in [0.15, 0.2) is 5.82 Å². The predicted octanol–water partition coefficient (Wildman–Crippen LogP) is 3.87. The molecule has 0 aliphatic carbocycles. The minimum Gasteiger partial charge on any atom is -0.310 e. The number of nitrogens with zero attached hydrogens (tertiary/aromatic N) is 3. The molecule has 0 spiro atoms. The van der Waals surface area contributed by atoms with E-state index in [1.807, 2.05) is 0 Å². The van der Waals surface area contributed by atoms with E-state index in [0.29, 0.717) is 0 Å². The molecule has 0 atom stereocenters. The van der Waals surface area contributed by atoms with Crippen LogP contribution in [0.25, 0.3) is 11.4 Å². The molecule has 0 fully saturated rings. The summed E-state index contributed by atoms with van der Waals surface area (Å²) in [6, 6.07) is 6.33. The fourth-order valence-electron chi connectivity index (χ4n) is 2.09. The molecule has 3 nitrogen and oxygen atoms in total. The average Bonchev–Trinajstić information content (AvgIpc) is 2.76. The highest BCUT2D eigenvalue weighted by Crippen LogP contribution is 2.25. The summed E-state index contributed by atoms with van der Waals surface area (Å²) in [7, 11) is 0. The first-order chi connectivity index (χ1) is 8.69. The molecule has 0 saturated heterocycles. The molecule has 0 aliphatic rings. The Morgan fingerprint density at radius 3 is 2.67 bits per heavy atom. The van der Waals surface area contributed by atoms with E-state index in [0.717, 1.165) is 29.9 Å². The smallest absolute Gasteiger partial charge is 0.164 e. The summed E-state index contributed by atoms with van der Waals surface area (Å²) in [5.74, 6) is 1.97. The second kappa shape index (κ2) is 5.65. The van der Waals surface area contributed by atoms with E-state index in [9.17, 15) is 0 Å². The molecule has 96 valence electrons. The highest BCUT2D eigenvalue weighted by atomic mass is 79.9. The molecule has 0 N–H and O–H groups in total. The number of rotatable bonds is 4. The Bertz CT molecular complexity index is 546. The normalized spacial score (nSPS) is 10.9. The number of aromatic nitrogens is 3. The van der Waals surface area contributed by atoms with E-state index < -0.39 is 0 Å². The molecule has 2 aromatic rings. The van der Waals surface area contributed by atoms with Crippen molar-refractivity contribution in [2.45, 2.75) is 39.1 Å². The van der Waals surface area contributed by atoms with E-state index in [-0.39, 0.29) is 0 Å². The van der Waals surface area contributed by atoms with Gasteiger partial charge < -0.3 is 4.57 Å². The Morgan fingerprint density at radius 1 is 1.22 bits per heavy atom. The molecule has 18 heavy (non-hydrogen) atoms. The minimum absolute atomic E-state index is 0.741. The number of alkyl halides is 1. The van der Waals surface area contributed by atoms with Crippen molar-refractivity contribution in [1.82, 2.24) is 14.8 Å². The lowest BCUT2D eigenvalue weighted by atomic mass is 10.0. The van der Waals surface area contributed by atoms with Crippen molar-refractivity contribution in [3.8, 4) is 11.4 Å². The van der Waals surface area contributed by atoms with Crippen LogP contribution < -0.4 is 0 Å². The van der Waals surface area contributed by atoms with E-state index in [2.05, 4.69) is 69.7 Å². The molecule has 0 bridgehead atoms. The summed E-state index contributed by atoms with van der Waals surface area (Å²) >= 11 is 3.47. The molecule has 0 unspecified atom stereocenters. The van der Waals surface area contributed by atoms with Gasteiger partial charge in [0.2, 0.25) is 0 Å². The highest BCUT2D eigenvalue weighted by Gasteiger charge is 2.14. The predicted molar refractivity (Wildman–Crippen MR) is 77.9 cm³/mol. The van der Waals surface area contributed by atoms with Gasteiger partial charge in [0, 0.05) is 12.1 Å². The van der Waals surface area contributed by atoms with Crippen molar-refractivity contribution < 1.29 is 0 Å². The summed E-state index contributed by atoms with van der Waals surface area (Å²) in [5, 5.41) is 9.37. The Morgan fingerprint density at radius 2 is 2.00 bits per heavy atom. The zero-order chi connectivity index (χ0) is 13.1. The summed E-state index contributed by atoms with van der Waals surface area (Å²) in [6.45, 7) is 7.40. The van der Waals surface area contributed by atoms with Gasteiger partial charge in [0.05, 0.1) is 5.33 Å². The van der Waals surface area contributed by atoms with E-state index in [4.69, 9.17) is 0 Å². The van der Waals surface area contributed by atoms with Crippen LogP contribution in [0.2, 0.25) is 0 Å². The van der Waals surface area contributed by atoms with Crippen LogP contribution in [0.4, 0.5) is 0 Å². The van der Waals surface area contributed by atoms with Gasteiger partial charge in [-0.3, -0.25) is 0 Å². The molecular weight excluding hydrogens is 290 g/mol. The Balaban J connectivity index is 2.56. The van der Waals surface area contributed by atoms with Crippen molar-refractivity contribution in [1.29, 1.82) is 0 Å². The number of hydrogen-bond acceptors (Lipinski definition) is 2. The quantitative estimate of drug-likeness (QED) is 0.803. The van der Waals surface area contributed by atoms with Crippen molar-refractivity contribution >= 4 is 15.9 Å². The Labute approximate surface area is 116 Å². The molecule has 0 aliphatic heterocycles.